The molecule has 0 aromatic rings. The van der Waals surface area contributed by atoms with Gasteiger partial charge in [-0.05, 0) is 18.8 Å². The Kier molecular flexibility index (Phi) is 9.62. The quantitative estimate of drug-likeness (QED) is 0.432. The van der Waals surface area contributed by atoms with E-state index in [-0.39, 0.29) is 0 Å². The van der Waals surface area contributed by atoms with Gasteiger partial charge in [-0.2, -0.15) is 0 Å². The van der Waals surface area contributed by atoms with Crippen molar-refractivity contribution in [2.24, 2.45) is 5.92 Å². The molecule has 0 saturated heterocycles. The predicted octanol–water partition coefficient (Wildman–Crippen LogP) is 5.61. The maximum atomic E-state index is 2.57. The van der Waals surface area contributed by atoms with Crippen molar-refractivity contribution in [3.63, 3.8) is 0 Å². The van der Waals surface area contributed by atoms with Gasteiger partial charge in [0.2, 0.25) is 0 Å². The number of hydrogen-bond acceptors (Lipinski definition) is 2. The molecule has 2 nitrogen and oxygen atoms in total. The summed E-state index contributed by atoms with van der Waals surface area (Å²) in [6, 6.07) is 0. The third kappa shape index (κ3) is 6.76. The van der Waals surface area contributed by atoms with Gasteiger partial charge in [0.1, 0.15) is 6.17 Å². The van der Waals surface area contributed by atoms with Gasteiger partial charge in [-0.1, -0.05) is 72.6 Å². The molecule has 0 saturated carbocycles. The molecule has 0 aliphatic carbocycles. The van der Waals surface area contributed by atoms with Crippen LogP contribution in [0.2, 0.25) is 0 Å². The number of nitrogens with zero attached hydrogens (tertiary/aromatic N) is 2. The van der Waals surface area contributed by atoms with Gasteiger partial charge in [-0.3, -0.25) is 0 Å². The van der Waals surface area contributed by atoms with E-state index in [0.717, 1.165) is 0 Å². The van der Waals surface area contributed by atoms with Crippen molar-refractivity contribution in [1.82, 2.24) is 9.80 Å². The minimum absolute atomic E-state index is 0.592. The van der Waals surface area contributed by atoms with Gasteiger partial charge in [0.05, 0.1) is 0 Å². The molecule has 1 aliphatic heterocycles. The molecule has 0 aromatic heterocycles. The minimum Gasteiger partial charge on any atom is -0.356 e. The van der Waals surface area contributed by atoms with Crippen molar-refractivity contribution in [3.05, 3.63) is 12.4 Å². The van der Waals surface area contributed by atoms with E-state index in [4.69, 9.17) is 0 Å². The second kappa shape index (κ2) is 11.0. The number of hydrogen-bond donors (Lipinski definition) is 0. The van der Waals surface area contributed by atoms with E-state index in [9.17, 15) is 0 Å². The maximum absolute atomic E-state index is 2.57. The standard InChI is InChI=1S/C19H38N2/c1-5-7-8-9-10-11-12-13-15-21-17-16-20(14-6-2)19(21)18(3)4/h16-19H,5-15H2,1-4H3. The van der Waals surface area contributed by atoms with Crippen molar-refractivity contribution in [2.45, 2.75) is 91.6 Å². The molecule has 0 amide bonds. The first kappa shape index (κ1) is 18.4. The van der Waals surface area contributed by atoms with Gasteiger partial charge >= 0.3 is 0 Å². The Morgan fingerprint density at radius 2 is 1.24 bits per heavy atom. The van der Waals surface area contributed by atoms with Crippen molar-refractivity contribution in [3.8, 4) is 0 Å². The number of rotatable bonds is 12. The molecule has 1 heterocycles. The Hall–Kier alpha value is -0.660. The summed E-state index contributed by atoms with van der Waals surface area (Å²) in [5, 5.41) is 0. The highest BCUT2D eigenvalue weighted by atomic mass is 15.4. The Labute approximate surface area is 133 Å². The topological polar surface area (TPSA) is 6.48 Å². The smallest absolute Gasteiger partial charge is 0.103 e. The van der Waals surface area contributed by atoms with Crippen LogP contribution in [0.5, 0.6) is 0 Å². The molecule has 0 radical (unpaired) electrons. The van der Waals surface area contributed by atoms with Gasteiger partial charge in [0.15, 0.2) is 0 Å². The molecule has 2 heteroatoms. The zero-order valence-electron chi connectivity index (χ0n) is 15.0. The van der Waals surface area contributed by atoms with E-state index in [1.165, 1.54) is 70.9 Å². The van der Waals surface area contributed by atoms with Crippen LogP contribution in [-0.2, 0) is 0 Å². The molecule has 1 aliphatic rings. The van der Waals surface area contributed by atoms with Crippen LogP contribution >= 0.6 is 0 Å². The van der Waals surface area contributed by atoms with Crippen LogP contribution in [0.15, 0.2) is 12.4 Å². The van der Waals surface area contributed by atoms with Crippen LogP contribution in [-0.4, -0.2) is 29.1 Å². The van der Waals surface area contributed by atoms with Gasteiger partial charge in [0, 0.05) is 25.5 Å². The number of unbranched alkanes of at least 4 members (excludes halogenated alkanes) is 7. The molecular formula is C19H38N2. The second-order valence-electron chi connectivity index (χ2n) is 6.91. The average molecular weight is 295 g/mol. The van der Waals surface area contributed by atoms with E-state index in [1.54, 1.807) is 0 Å². The molecule has 1 atom stereocenters. The molecule has 1 unspecified atom stereocenters. The van der Waals surface area contributed by atoms with Crippen molar-refractivity contribution < 1.29 is 0 Å². The van der Waals surface area contributed by atoms with E-state index in [1.807, 2.05) is 0 Å². The first-order chi connectivity index (χ1) is 10.2. The lowest BCUT2D eigenvalue weighted by molar-refractivity contribution is 0.106. The fourth-order valence-electron chi connectivity index (χ4n) is 3.40. The lowest BCUT2D eigenvalue weighted by Gasteiger charge is -2.35. The minimum atomic E-state index is 0.592. The third-order valence-electron chi connectivity index (χ3n) is 4.48. The van der Waals surface area contributed by atoms with E-state index < -0.39 is 0 Å². The van der Waals surface area contributed by atoms with Crippen LogP contribution in [0.4, 0.5) is 0 Å². The van der Waals surface area contributed by atoms with Gasteiger partial charge < -0.3 is 9.80 Å². The van der Waals surface area contributed by atoms with Gasteiger partial charge in [-0.25, -0.2) is 0 Å². The van der Waals surface area contributed by atoms with Gasteiger partial charge in [-0.15, -0.1) is 0 Å². The van der Waals surface area contributed by atoms with Crippen LogP contribution in [0.3, 0.4) is 0 Å². The highest BCUT2D eigenvalue weighted by Crippen LogP contribution is 2.23. The molecule has 0 bridgehead atoms. The SMILES string of the molecule is CCCCCCCCCCN1C=CN(CCC)C1C(C)C. The zero-order chi connectivity index (χ0) is 15.5. The molecular weight excluding hydrogens is 256 g/mol. The lowest BCUT2D eigenvalue weighted by Crippen LogP contribution is -2.43. The van der Waals surface area contributed by atoms with E-state index in [0.29, 0.717) is 12.1 Å². The van der Waals surface area contributed by atoms with Crippen molar-refractivity contribution in [1.29, 1.82) is 0 Å². The van der Waals surface area contributed by atoms with Crippen LogP contribution in [0.25, 0.3) is 0 Å². The van der Waals surface area contributed by atoms with E-state index in [2.05, 4.69) is 49.9 Å². The highest BCUT2D eigenvalue weighted by molar-refractivity contribution is 4.97. The molecule has 0 fully saturated rings. The van der Waals surface area contributed by atoms with Crippen LogP contribution in [0, 0.1) is 5.92 Å². The molecule has 0 N–H and O–H groups in total. The summed E-state index contributed by atoms with van der Waals surface area (Å²) >= 11 is 0. The Balaban J connectivity index is 2.15. The van der Waals surface area contributed by atoms with Crippen LogP contribution < -0.4 is 0 Å². The Morgan fingerprint density at radius 3 is 1.76 bits per heavy atom. The fraction of sp³-hybridized carbons (Fsp3) is 0.895. The second-order valence-corrected chi connectivity index (χ2v) is 6.91. The maximum Gasteiger partial charge on any atom is 0.103 e. The summed E-state index contributed by atoms with van der Waals surface area (Å²) in [5.41, 5.74) is 0. The molecule has 0 aromatic carbocycles. The van der Waals surface area contributed by atoms with Crippen molar-refractivity contribution in [2.75, 3.05) is 13.1 Å². The summed E-state index contributed by atoms with van der Waals surface area (Å²) in [6.45, 7) is 11.7. The molecule has 124 valence electrons. The molecule has 0 spiro atoms. The third-order valence-corrected chi connectivity index (χ3v) is 4.48. The normalized spacial score (nSPS) is 18.2. The summed E-state index contributed by atoms with van der Waals surface area (Å²) in [4.78, 5) is 5.09. The van der Waals surface area contributed by atoms with Crippen molar-refractivity contribution >= 4 is 0 Å². The summed E-state index contributed by atoms with van der Waals surface area (Å²) in [5.74, 6) is 0.695. The van der Waals surface area contributed by atoms with E-state index >= 15 is 0 Å². The zero-order valence-corrected chi connectivity index (χ0v) is 15.0. The average Bonchev–Trinajstić information content (AvgIpc) is 2.85. The summed E-state index contributed by atoms with van der Waals surface area (Å²) in [6.07, 6.45) is 17.7. The Bertz CT molecular complexity index is 273. The Morgan fingerprint density at radius 1 is 0.714 bits per heavy atom. The molecule has 1 rings (SSSR count). The summed E-state index contributed by atoms with van der Waals surface area (Å²) in [7, 11) is 0. The predicted molar refractivity (Wildman–Crippen MR) is 94.1 cm³/mol. The first-order valence-corrected chi connectivity index (χ1v) is 9.40. The fourth-order valence-corrected chi connectivity index (χ4v) is 3.40. The lowest BCUT2D eigenvalue weighted by atomic mass is 10.1. The highest BCUT2D eigenvalue weighted by Gasteiger charge is 2.27. The monoisotopic (exact) mass is 294 g/mol. The van der Waals surface area contributed by atoms with Crippen LogP contribution in [0.1, 0.15) is 85.5 Å². The molecule has 21 heavy (non-hydrogen) atoms. The summed E-state index contributed by atoms with van der Waals surface area (Å²) < 4.78 is 0. The first-order valence-electron chi connectivity index (χ1n) is 9.40. The largest absolute Gasteiger partial charge is 0.356 e. The van der Waals surface area contributed by atoms with Gasteiger partial charge in [0.25, 0.3) is 0 Å².